The quantitative estimate of drug-likeness (QED) is 0.784. The molecular formula is C18H25N3. The first-order valence-corrected chi connectivity index (χ1v) is 7.64. The first-order chi connectivity index (χ1) is 10.2. The van der Waals surface area contributed by atoms with Gasteiger partial charge in [-0.2, -0.15) is 0 Å². The molecule has 1 aromatic heterocycles. The van der Waals surface area contributed by atoms with Crippen LogP contribution in [0.25, 0.3) is 10.9 Å². The van der Waals surface area contributed by atoms with Crippen molar-refractivity contribution < 1.29 is 0 Å². The fourth-order valence-corrected chi connectivity index (χ4v) is 2.51. The van der Waals surface area contributed by atoms with Crippen molar-refractivity contribution in [2.24, 2.45) is 0 Å². The van der Waals surface area contributed by atoms with Crippen LogP contribution in [0.3, 0.4) is 0 Å². The second-order valence-electron chi connectivity index (χ2n) is 5.40. The molecule has 0 radical (unpaired) electrons. The molecule has 2 rings (SSSR count). The maximum atomic E-state index is 4.76. The molecule has 0 unspecified atom stereocenters. The average molecular weight is 283 g/mol. The van der Waals surface area contributed by atoms with Crippen molar-refractivity contribution in [1.82, 2.24) is 10.3 Å². The third-order valence-corrected chi connectivity index (χ3v) is 3.49. The number of anilines is 1. The third kappa shape index (κ3) is 3.82. The monoisotopic (exact) mass is 283 g/mol. The van der Waals surface area contributed by atoms with Crippen LogP contribution in [-0.4, -0.2) is 24.6 Å². The van der Waals surface area contributed by atoms with E-state index in [1.807, 2.05) is 6.07 Å². The lowest BCUT2D eigenvalue weighted by Crippen LogP contribution is -2.25. The van der Waals surface area contributed by atoms with Crippen LogP contribution in [0.2, 0.25) is 0 Å². The van der Waals surface area contributed by atoms with E-state index in [2.05, 4.69) is 61.8 Å². The van der Waals surface area contributed by atoms with E-state index in [0.717, 1.165) is 37.4 Å². The van der Waals surface area contributed by atoms with Crippen molar-refractivity contribution in [1.29, 1.82) is 0 Å². The molecule has 3 heteroatoms. The average Bonchev–Trinajstić information content (AvgIpc) is 2.49. The molecule has 0 saturated heterocycles. The van der Waals surface area contributed by atoms with Gasteiger partial charge in [-0.25, -0.2) is 0 Å². The standard InChI is InChI=1S/C18H25N3/c1-5-19-12-15-11-18(21(6-2)13-14(3)4)16-9-7-8-10-17(16)20-15/h7-11,19H,3,5-6,12-13H2,1-2,4H3. The first kappa shape index (κ1) is 15.5. The lowest BCUT2D eigenvalue weighted by atomic mass is 10.1. The Morgan fingerprint density at radius 2 is 2.05 bits per heavy atom. The van der Waals surface area contributed by atoms with E-state index >= 15 is 0 Å². The number of pyridine rings is 1. The van der Waals surface area contributed by atoms with Crippen LogP contribution in [0.15, 0.2) is 42.5 Å². The number of aromatic nitrogens is 1. The Kier molecular flexibility index (Phi) is 5.34. The highest BCUT2D eigenvalue weighted by atomic mass is 15.1. The highest BCUT2D eigenvalue weighted by molar-refractivity contribution is 5.92. The minimum absolute atomic E-state index is 0.805. The zero-order valence-electron chi connectivity index (χ0n) is 13.3. The molecule has 3 nitrogen and oxygen atoms in total. The van der Waals surface area contributed by atoms with Crippen molar-refractivity contribution >= 4 is 16.6 Å². The van der Waals surface area contributed by atoms with E-state index in [1.165, 1.54) is 16.6 Å². The number of nitrogens with zero attached hydrogens (tertiary/aromatic N) is 2. The van der Waals surface area contributed by atoms with Gasteiger partial charge in [0.1, 0.15) is 0 Å². The minimum Gasteiger partial charge on any atom is -0.367 e. The Balaban J connectivity index is 2.49. The van der Waals surface area contributed by atoms with Crippen LogP contribution in [-0.2, 0) is 6.54 Å². The Labute approximate surface area is 127 Å². The number of benzene rings is 1. The second-order valence-corrected chi connectivity index (χ2v) is 5.40. The van der Waals surface area contributed by atoms with Gasteiger partial charge >= 0.3 is 0 Å². The summed E-state index contributed by atoms with van der Waals surface area (Å²) in [6, 6.07) is 10.6. The highest BCUT2D eigenvalue weighted by Crippen LogP contribution is 2.27. The van der Waals surface area contributed by atoms with Gasteiger partial charge in [0.2, 0.25) is 0 Å². The molecule has 0 saturated carbocycles. The maximum Gasteiger partial charge on any atom is 0.0726 e. The van der Waals surface area contributed by atoms with E-state index in [0.29, 0.717) is 0 Å². The molecule has 0 aliphatic carbocycles. The van der Waals surface area contributed by atoms with Crippen LogP contribution in [0.1, 0.15) is 26.5 Å². The van der Waals surface area contributed by atoms with Gasteiger partial charge in [0.25, 0.3) is 0 Å². The summed E-state index contributed by atoms with van der Waals surface area (Å²) in [6.45, 7) is 14.0. The third-order valence-electron chi connectivity index (χ3n) is 3.49. The van der Waals surface area contributed by atoms with Gasteiger partial charge < -0.3 is 10.2 Å². The summed E-state index contributed by atoms with van der Waals surface area (Å²) in [6.07, 6.45) is 0. The smallest absolute Gasteiger partial charge is 0.0726 e. The van der Waals surface area contributed by atoms with E-state index in [9.17, 15) is 0 Å². The van der Waals surface area contributed by atoms with Gasteiger partial charge in [0, 0.05) is 30.7 Å². The van der Waals surface area contributed by atoms with Gasteiger partial charge in [-0.15, -0.1) is 0 Å². The topological polar surface area (TPSA) is 28.2 Å². The Bertz CT molecular complexity index is 619. The fourth-order valence-electron chi connectivity index (χ4n) is 2.51. The maximum absolute atomic E-state index is 4.76. The Morgan fingerprint density at radius 3 is 2.71 bits per heavy atom. The van der Waals surface area contributed by atoms with Crippen molar-refractivity contribution in [2.75, 3.05) is 24.5 Å². The van der Waals surface area contributed by atoms with Gasteiger partial charge in [0.05, 0.1) is 11.2 Å². The molecule has 1 N–H and O–H groups in total. The largest absolute Gasteiger partial charge is 0.367 e. The van der Waals surface area contributed by atoms with Gasteiger partial charge in [-0.1, -0.05) is 37.3 Å². The molecule has 0 aliphatic heterocycles. The molecule has 0 fully saturated rings. The summed E-state index contributed by atoms with van der Waals surface area (Å²) in [5.74, 6) is 0. The summed E-state index contributed by atoms with van der Waals surface area (Å²) in [5, 5.41) is 4.56. The van der Waals surface area contributed by atoms with Crippen LogP contribution in [0.4, 0.5) is 5.69 Å². The summed E-state index contributed by atoms with van der Waals surface area (Å²) < 4.78 is 0. The number of fused-ring (bicyclic) bond motifs is 1. The van der Waals surface area contributed by atoms with E-state index in [-0.39, 0.29) is 0 Å². The number of nitrogens with one attached hydrogen (secondary N) is 1. The molecule has 1 aromatic carbocycles. The molecule has 0 spiro atoms. The number of hydrogen-bond donors (Lipinski definition) is 1. The number of likely N-dealkylation sites (N-methyl/N-ethyl adjacent to an activating group) is 1. The zero-order valence-corrected chi connectivity index (χ0v) is 13.3. The predicted molar refractivity (Wildman–Crippen MR) is 91.8 cm³/mol. The van der Waals surface area contributed by atoms with E-state index < -0.39 is 0 Å². The minimum atomic E-state index is 0.805. The molecule has 2 aromatic rings. The highest BCUT2D eigenvalue weighted by Gasteiger charge is 2.11. The van der Waals surface area contributed by atoms with E-state index in [1.54, 1.807) is 0 Å². The second kappa shape index (κ2) is 7.23. The van der Waals surface area contributed by atoms with Crippen LogP contribution in [0, 0.1) is 0 Å². The zero-order chi connectivity index (χ0) is 15.2. The van der Waals surface area contributed by atoms with Gasteiger partial charge in [-0.05, 0) is 32.5 Å². The van der Waals surface area contributed by atoms with Crippen LogP contribution in [0.5, 0.6) is 0 Å². The predicted octanol–water partition coefficient (Wildman–Crippen LogP) is 3.75. The normalized spacial score (nSPS) is 10.8. The lowest BCUT2D eigenvalue weighted by Gasteiger charge is -2.25. The van der Waals surface area contributed by atoms with Crippen LogP contribution < -0.4 is 10.2 Å². The van der Waals surface area contributed by atoms with Gasteiger partial charge in [-0.3, -0.25) is 4.98 Å². The number of hydrogen-bond acceptors (Lipinski definition) is 3. The molecule has 0 bridgehead atoms. The molecule has 21 heavy (non-hydrogen) atoms. The van der Waals surface area contributed by atoms with Gasteiger partial charge in [0.15, 0.2) is 0 Å². The SMILES string of the molecule is C=C(C)CN(CC)c1cc(CNCC)nc2ccccc12. The summed E-state index contributed by atoms with van der Waals surface area (Å²) in [7, 11) is 0. The van der Waals surface area contributed by atoms with E-state index in [4.69, 9.17) is 4.98 Å². The summed E-state index contributed by atoms with van der Waals surface area (Å²) in [4.78, 5) is 7.12. The Hall–Kier alpha value is -1.87. The molecule has 1 heterocycles. The molecule has 0 atom stereocenters. The number of rotatable bonds is 7. The number of para-hydroxylation sites is 1. The molecule has 112 valence electrons. The summed E-state index contributed by atoms with van der Waals surface area (Å²) >= 11 is 0. The van der Waals surface area contributed by atoms with Crippen molar-refractivity contribution in [3.63, 3.8) is 0 Å². The van der Waals surface area contributed by atoms with Crippen molar-refractivity contribution in [3.05, 3.63) is 48.2 Å². The molecule has 0 aliphatic rings. The lowest BCUT2D eigenvalue weighted by molar-refractivity contribution is 0.712. The first-order valence-electron chi connectivity index (χ1n) is 7.64. The van der Waals surface area contributed by atoms with Crippen molar-refractivity contribution in [3.8, 4) is 0 Å². The Morgan fingerprint density at radius 1 is 1.29 bits per heavy atom. The molecule has 0 amide bonds. The van der Waals surface area contributed by atoms with Crippen LogP contribution >= 0.6 is 0 Å². The van der Waals surface area contributed by atoms with Crippen molar-refractivity contribution in [2.45, 2.75) is 27.3 Å². The fraction of sp³-hybridized carbons (Fsp3) is 0.389. The molecular weight excluding hydrogens is 258 g/mol. The summed E-state index contributed by atoms with van der Waals surface area (Å²) in [5.41, 5.74) is 4.57.